The summed E-state index contributed by atoms with van der Waals surface area (Å²) < 4.78 is 4.62. The zero-order valence-electron chi connectivity index (χ0n) is 17.3. The summed E-state index contributed by atoms with van der Waals surface area (Å²) in [5, 5.41) is 20.6. The van der Waals surface area contributed by atoms with E-state index in [0.29, 0.717) is 12.8 Å². The van der Waals surface area contributed by atoms with Crippen molar-refractivity contribution in [3.63, 3.8) is 0 Å². The maximum absolute atomic E-state index is 12.2. The van der Waals surface area contributed by atoms with Crippen LogP contribution in [0.2, 0.25) is 0 Å². The zero-order valence-corrected chi connectivity index (χ0v) is 17.3. The molecule has 2 N–H and O–H groups in total. The Hall–Kier alpha value is -1.20. The van der Waals surface area contributed by atoms with Crippen molar-refractivity contribution in [1.29, 1.82) is 0 Å². The number of ketones is 1. The molecular formula is C22H38O5. The maximum Gasteiger partial charge on any atom is 0.305 e. The van der Waals surface area contributed by atoms with E-state index < -0.39 is 11.7 Å². The molecule has 4 atom stereocenters. The second-order valence-electron chi connectivity index (χ2n) is 8.18. The molecule has 1 saturated carbocycles. The van der Waals surface area contributed by atoms with Crippen molar-refractivity contribution in [3.05, 3.63) is 12.2 Å². The van der Waals surface area contributed by atoms with E-state index in [-0.39, 0.29) is 30.0 Å². The molecule has 0 aromatic carbocycles. The number of hydrogen-bond donors (Lipinski definition) is 2. The van der Waals surface area contributed by atoms with Gasteiger partial charge in [0.15, 0.2) is 0 Å². The fourth-order valence-electron chi connectivity index (χ4n) is 3.82. The molecule has 0 aliphatic heterocycles. The van der Waals surface area contributed by atoms with Gasteiger partial charge in [-0.25, -0.2) is 0 Å². The van der Waals surface area contributed by atoms with Crippen molar-refractivity contribution < 1.29 is 24.5 Å². The quantitative estimate of drug-likeness (QED) is 0.286. The molecule has 0 aromatic rings. The van der Waals surface area contributed by atoms with Gasteiger partial charge >= 0.3 is 5.97 Å². The highest BCUT2D eigenvalue weighted by atomic mass is 16.5. The van der Waals surface area contributed by atoms with Crippen molar-refractivity contribution in [2.75, 3.05) is 7.11 Å². The molecule has 1 aliphatic carbocycles. The fourth-order valence-corrected chi connectivity index (χ4v) is 3.82. The lowest BCUT2D eigenvalue weighted by atomic mass is 9.87. The minimum absolute atomic E-state index is 0.127. The van der Waals surface area contributed by atoms with Gasteiger partial charge in [-0.1, -0.05) is 51.2 Å². The molecule has 0 bridgehead atoms. The van der Waals surface area contributed by atoms with Crippen LogP contribution in [-0.4, -0.2) is 40.8 Å². The summed E-state index contributed by atoms with van der Waals surface area (Å²) in [6, 6.07) is 0. The highest BCUT2D eigenvalue weighted by Crippen LogP contribution is 2.34. The van der Waals surface area contributed by atoms with Crippen molar-refractivity contribution in [3.8, 4) is 0 Å². The monoisotopic (exact) mass is 382 g/mol. The Labute approximate surface area is 164 Å². The number of carbonyl (C=O) groups excluding carboxylic acids is 2. The number of ether oxygens (including phenoxy) is 1. The van der Waals surface area contributed by atoms with E-state index in [1.165, 1.54) is 7.11 Å². The predicted molar refractivity (Wildman–Crippen MR) is 106 cm³/mol. The highest BCUT2D eigenvalue weighted by molar-refractivity contribution is 5.84. The Kier molecular flexibility index (Phi) is 10.9. The van der Waals surface area contributed by atoms with Crippen LogP contribution in [-0.2, 0) is 14.3 Å². The molecule has 27 heavy (non-hydrogen) atoms. The molecule has 0 radical (unpaired) electrons. The lowest BCUT2D eigenvalue weighted by molar-refractivity contribution is -0.140. The fraction of sp³-hybridized carbons (Fsp3) is 0.818. The summed E-state index contributed by atoms with van der Waals surface area (Å²) in [4.78, 5) is 23.3. The van der Waals surface area contributed by atoms with Crippen LogP contribution in [0, 0.1) is 11.8 Å². The summed E-state index contributed by atoms with van der Waals surface area (Å²) in [7, 11) is 1.40. The zero-order chi connectivity index (χ0) is 20.3. The molecule has 0 heterocycles. The minimum atomic E-state index is -0.727. The molecule has 5 nitrogen and oxygen atoms in total. The number of rotatable bonds is 13. The van der Waals surface area contributed by atoms with Gasteiger partial charge in [-0.05, 0) is 32.6 Å². The molecule has 0 amide bonds. The molecule has 0 spiro atoms. The van der Waals surface area contributed by atoms with E-state index in [9.17, 15) is 19.8 Å². The summed E-state index contributed by atoms with van der Waals surface area (Å²) in [5.41, 5.74) is -0.727. The first-order valence-corrected chi connectivity index (χ1v) is 10.5. The molecule has 1 fully saturated rings. The van der Waals surface area contributed by atoms with Gasteiger partial charge in [-0.15, -0.1) is 0 Å². The first-order valence-electron chi connectivity index (χ1n) is 10.5. The lowest BCUT2D eigenvalue weighted by Crippen LogP contribution is -2.23. The van der Waals surface area contributed by atoms with Crippen molar-refractivity contribution in [2.24, 2.45) is 11.8 Å². The Morgan fingerprint density at radius 3 is 2.63 bits per heavy atom. The normalized spacial score (nSPS) is 25.1. The molecule has 1 rings (SSSR count). The van der Waals surface area contributed by atoms with E-state index >= 15 is 0 Å². The average Bonchev–Trinajstić information content (AvgIpc) is 2.89. The highest BCUT2D eigenvalue weighted by Gasteiger charge is 2.39. The molecule has 0 saturated heterocycles. The van der Waals surface area contributed by atoms with Crippen molar-refractivity contribution in [2.45, 2.75) is 96.2 Å². The third-order valence-electron chi connectivity index (χ3n) is 5.59. The summed E-state index contributed by atoms with van der Waals surface area (Å²) in [6.45, 7) is 3.95. The lowest BCUT2D eigenvalue weighted by Gasteiger charge is -2.22. The number of hydrogen-bond acceptors (Lipinski definition) is 5. The first-order chi connectivity index (χ1) is 12.8. The number of Topliss-reactive ketones (excluding diaryl/α,β-unsaturated/α-hetero) is 1. The van der Waals surface area contributed by atoms with E-state index in [0.717, 1.165) is 51.4 Å². The first kappa shape index (κ1) is 23.8. The maximum atomic E-state index is 12.2. The predicted octanol–water partition coefficient (Wildman–Crippen LogP) is 3.95. The Balaban J connectivity index is 2.42. The van der Waals surface area contributed by atoms with Gasteiger partial charge in [0.25, 0.3) is 0 Å². The van der Waals surface area contributed by atoms with Gasteiger partial charge in [0.2, 0.25) is 0 Å². The average molecular weight is 383 g/mol. The Morgan fingerprint density at radius 2 is 1.96 bits per heavy atom. The van der Waals surface area contributed by atoms with Crippen molar-refractivity contribution in [1.82, 2.24) is 0 Å². The van der Waals surface area contributed by atoms with Gasteiger partial charge in [-0.3, -0.25) is 9.59 Å². The molecular weight excluding hydrogens is 344 g/mol. The van der Waals surface area contributed by atoms with E-state index in [1.54, 1.807) is 0 Å². The van der Waals surface area contributed by atoms with Crippen LogP contribution in [0.15, 0.2) is 12.2 Å². The van der Waals surface area contributed by atoms with Crippen LogP contribution in [0.3, 0.4) is 0 Å². The standard InChI is InChI=1S/C22H38O5/c1-4-5-14-22(2,26)15-10-12-18-17(19(23)16-20(18)24)11-8-6-7-9-13-21(25)27-3/h10,12,17-18,20,24,26H,4-9,11,13-16H2,1-3H3/b12-10+/t17?,18-,20-,22+/m1/s1. The van der Waals surface area contributed by atoms with Crippen LogP contribution in [0.25, 0.3) is 0 Å². The van der Waals surface area contributed by atoms with E-state index in [1.807, 2.05) is 19.1 Å². The second-order valence-corrected chi connectivity index (χ2v) is 8.18. The molecule has 1 aliphatic rings. The molecule has 0 aromatic heterocycles. The second kappa shape index (κ2) is 12.3. The summed E-state index contributed by atoms with van der Waals surface area (Å²) in [5.74, 6) is -0.305. The largest absolute Gasteiger partial charge is 0.469 e. The van der Waals surface area contributed by atoms with Crippen molar-refractivity contribution >= 4 is 11.8 Å². The van der Waals surface area contributed by atoms with E-state index in [4.69, 9.17) is 0 Å². The van der Waals surface area contributed by atoms with Gasteiger partial charge < -0.3 is 14.9 Å². The molecule has 156 valence electrons. The molecule has 1 unspecified atom stereocenters. The molecule has 5 heteroatoms. The van der Waals surface area contributed by atoms with Crippen LogP contribution >= 0.6 is 0 Å². The number of aliphatic hydroxyl groups is 2. The van der Waals surface area contributed by atoms with Crippen LogP contribution in [0.1, 0.15) is 84.5 Å². The summed E-state index contributed by atoms with van der Waals surface area (Å²) >= 11 is 0. The Bertz CT molecular complexity index is 483. The number of methoxy groups -OCH3 is 1. The smallest absolute Gasteiger partial charge is 0.305 e. The topological polar surface area (TPSA) is 83.8 Å². The SMILES string of the molecule is CCCC[C@](C)(O)C/C=C/[C@@H]1C(CCCCCCC(=O)OC)C(=O)C[C@H]1O. The third-order valence-corrected chi connectivity index (χ3v) is 5.59. The van der Waals surface area contributed by atoms with Gasteiger partial charge in [0.1, 0.15) is 5.78 Å². The van der Waals surface area contributed by atoms with Gasteiger partial charge in [-0.2, -0.15) is 0 Å². The minimum Gasteiger partial charge on any atom is -0.469 e. The number of carbonyl (C=O) groups is 2. The van der Waals surface area contributed by atoms with E-state index in [2.05, 4.69) is 11.7 Å². The Morgan fingerprint density at radius 1 is 1.26 bits per heavy atom. The van der Waals surface area contributed by atoms with Gasteiger partial charge in [0.05, 0.1) is 18.8 Å². The van der Waals surface area contributed by atoms with Crippen LogP contribution in [0.5, 0.6) is 0 Å². The van der Waals surface area contributed by atoms with Gasteiger partial charge in [0, 0.05) is 24.7 Å². The number of esters is 1. The number of unbranched alkanes of at least 4 members (excludes halogenated alkanes) is 4. The van der Waals surface area contributed by atoms with Crippen LogP contribution < -0.4 is 0 Å². The third kappa shape index (κ3) is 9.02. The number of aliphatic hydroxyl groups excluding tert-OH is 1. The van der Waals surface area contributed by atoms with Crippen LogP contribution in [0.4, 0.5) is 0 Å². The summed E-state index contributed by atoms with van der Waals surface area (Å²) in [6.07, 6.45) is 11.7.